The Hall–Kier alpha value is -5.08. The third-order valence-corrected chi connectivity index (χ3v) is 10.3. The van der Waals surface area contributed by atoms with Gasteiger partial charge in [-0.05, 0) is 93.6 Å². The smallest absolute Gasteiger partial charge is 0.408 e. The number of carbonyl (C=O) groups excluding carboxylic acids is 4. The molecule has 0 unspecified atom stereocenters. The molecule has 2 saturated heterocycles. The second-order valence-electron chi connectivity index (χ2n) is 14.1. The number of nitrogens with zero attached hydrogens (tertiary/aromatic N) is 2. The van der Waals surface area contributed by atoms with Gasteiger partial charge in [-0.3, -0.25) is 14.4 Å². The molecule has 0 bridgehead atoms. The Bertz CT molecular complexity index is 1930. The number of ketones is 1. The summed E-state index contributed by atoms with van der Waals surface area (Å²) in [6, 6.07) is 20.5. The summed E-state index contributed by atoms with van der Waals surface area (Å²) in [5.74, 6) is -1.58. The van der Waals surface area contributed by atoms with Crippen molar-refractivity contribution in [3.63, 3.8) is 0 Å². The number of hydrogen-bond acceptors (Lipinski definition) is 10. The fourth-order valence-electron chi connectivity index (χ4n) is 6.93. The minimum atomic E-state index is -1.03. The zero-order chi connectivity index (χ0) is 39.3. The van der Waals surface area contributed by atoms with Crippen LogP contribution < -0.4 is 21.7 Å². The van der Waals surface area contributed by atoms with Crippen LogP contribution in [0.3, 0.4) is 0 Å². The first kappa shape index (κ1) is 40.6. The summed E-state index contributed by atoms with van der Waals surface area (Å²) >= 11 is 6.09. The van der Waals surface area contributed by atoms with E-state index in [4.69, 9.17) is 31.2 Å². The van der Waals surface area contributed by atoms with Gasteiger partial charge in [0.15, 0.2) is 5.58 Å². The Labute approximate surface area is 331 Å². The molecule has 5 N–H and O–H groups in total. The number of nitrogens with two attached hydrogens (primary N) is 1. The number of halogens is 1. The summed E-state index contributed by atoms with van der Waals surface area (Å²) in [4.78, 5) is 61.8. The number of hydrogen-bond donors (Lipinski definition) is 4. The molecule has 13 nitrogen and oxygen atoms in total. The lowest BCUT2D eigenvalue weighted by Crippen LogP contribution is -2.55. The molecule has 14 heteroatoms. The molecule has 4 atom stereocenters. The van der Waals surface area contributed by atoms with Crippen molar-refractivity contribution in [1.29, 1.82) is 0 Å². The van der Waals surface area contributed by atoms with Gasteiger partial charge in [0.2, 0.25) is 17.6 Å². The molecule has 3 amide bonds. The molecule has 56 heavy (non-hydrogen) atoms. The van der Waals surface area contributed by atoms with Crippen LogP contribution in [0.4, 0.5) is 4.79 Å². The first-order valence-corrected chi connectivity index (χ1v) is 19.6. The van der Waals surface area contributed by atoms with Crippen LogP contribution in [0, 0.1) is 0 Å². The normalized spacial score (nSPS) is 18.0. The standard InChI is InChI=1S/C42H49ClN6O7/c43-31-16-13-30(14-17-31)26-54-32-24-36(39(51)46-34(11-6-7-21-44)38(50)40-47-33-10-4-5-12-37(33)56-40)49(25-32)41(52)35(18-15-28-19-22-45-23-20-28)48-42(53)55-27-29-8-2-1-3-9-29/h1-5,8-10,12-17,32,34-36,45H,6-7,11,18-27,44H2,(H,46,51)(H,48,53)/t32-,34+,35-,36+/m1/s1. The molecular formula is C42H49ClN6O7. The molecular weight excluding hydrogens is 736 g/mol. The van der Waals surface area contributed by atoms with Crippen LogP contribution in [-0.4, -0.2) is 84.0 Å². The van der Waals surface area contributed by atoms with Crippen LogP contribution in [0.2, 0.25) is 5.02 Å². The van der Waals surface area contributed by atoms with Gasteiger partial charge in [0.1, 0.15) is 24.2 Å². The summed E-state index contributed by atoms with van der Waals surface area (Å²) in [7, 11) is 0. The fraction of sp³-hybridized carbons (Fsp3) is 0.405. The van der Waals surface area contributed by atoms with E-state index in [1.165, 1.54) is 10.5 Å². The minimum Gasteiger partial charge on any atom is -0.445 e. The maximum atomic E-state index is 14.6. The van der Waals surface area contributed by atoms with E-state index in [1.54, 1.807) is 36.4 Å². The number of unbranched alkanes of at least 4 members (excludes halogenated alkanes) is 1. The van der Waals surface area contributed by atoms with Gasteiger partial charge in [-0.1, -0.05) is 77.8 Å². The van der Waals surface area contributed by atoms with E-state index < -0.39 is 47.9 Å². The van der Waals surface area contributed by atoms with Crippen LogP contribution >= 0.6 is 11.6 Å². The largest absolute Gasteiger partial charge is 0.445 e. The molecule has 3 heterocycles. The molecule has 2 aliphatic heterocycles. The molecule has 0 spiro atoms. The Balaban J connectivity index is 1.23. The van der Waals surface area contributed by atoms with E-state index in [-0.39, 0.29) is 44.9 Å². The van der Waals surface area contributed by atoms with E-state index in [0.29, 0.717) is 35.5 Å². The number of Topliss-reactive ketones (excluding diaryl/α,β-unsaturated/α-hetero) is 1. The van der Waals surface area contributed by atoms with Crippen LogP contribution in [0.25, 0.3) is 11.1 Å². The van der Waals surface area contributed by atoms with Crippen molar-refractivity contribution in [1.82, 2.24) is 25.8 Å². The highest BCUT2D eigenvalue weighted by Gasteiger charge is 2.43. The number of nitrogens with one attached hydrogen (secondary N) is 3. The van der Waals surface area contributed by atoms with Gasteiger partial charge in [-0.25, -0.2) is 9.78 Å². The average Bonchev–Trinajstić information content (AvgIpc) is 3.87. The highest BCUT2D eigenvalue weighted by atomic mass is 35.5. The molecule has 0 radical (unpaired) electrons. The highest BCUT2D eigenvalue weighted by molar-refractivity contribution is 6.30. The molecule has 6 rings (SSSR count). The van der Waals surface area contributed by atoms with E-state index in [1.807, 2.05) is 48.5 Å². The van der Waals surface area contributed by atoms with Gasteiger partial charge in [0.05, 0.1) is 18.8 Å². The zero-order valence-corrected chi connectivity index (χ0v) is 32.0. The van der Waals surface area contributed by atoms with Gasteiger partial charge in [0.25, 0.3) is 5.89 Å². The second-order valence-corrected chi connectivity index (χ2v) is 14.5. The maximum Gasteiger partial charge on any atom is 0.408 e. The summed E-state index contributed by atoms with van der Waals surface area (Å²) < 4.78 is 17.6. The van der Waals surface area contributed by atoms with E-state index in [9.17, 15) is 19.2 Å². The highest BCUT2D eigenvalue weighted by Crippen LogP contribution is 2.26. The summed E-state index contributed by atoms with van der Waals surface area (Å²) in [6.07, 6.45) is 4.23. The lowest BCUT2D eigenvalue weighted by Gasteiger charge is -2.29. The lowest BCUT2D eigenvalue weighted by molar-refractivity contribution is -0.140. The van der Waals surface area contributed by atoms with E-state index in [2.05, 4.69) is 20.9 Å². The van der Waals surface area contributed by atoms with Crippen LogP contribution in [-0.2, 0) is 32.3 Å². The number of amides is 3. The van der Waals surface area contributed by atoms with Crippen LogP contribution in [0.1, 0.15) is 66.8 Å². The molecule has 296 valence electrons. The average molecular weight is 785 g/mol. The number of benzene rings is 3. The molecule has 2 aliphatic rings. The van der Waals surface area contributed by atoms with Crippen molar-refractivity contribution in [2.75, 3.05) is 26.2 Å². The van der Waals surface area contributed by atoms with Crippen LogP contribution in [0.5, 0.6) is 0 Å². The second kappa shape index (κ2) is 20.2. The number of likely N-dealkylation sites (tertiary alicyclic amines) is 1. The van der Waals surface area contributed by atoms with Gasteiger partial charge >= 0.3 is 6.09 Å². The van der Waals surface area contributed by atoms with Gasteiger partial charge in [0, 0.05) is 18.0 Å². The number of para-hydroxylation sites is 2. The predicted molar refractivity (Wildman–Crippen MR) is 212 cm³/mol. The SMILES string of the molecule is NCCCC[C@H](NC(=O)[C@@H]1C[C@@H](OCc2ccc(Cl)cc2)CN1C(=O)[C@@H](CC=C1CCNCC1)NC(=O)OCc1ccccc1)C(=O)c1nc2ccccc2o1. The van der Waals surface area contributed by atoms with Crippen molar-refractivity contribution >= 4 is 46.4 Å². The Morgan fingerprint density at radius 3 is 2.41 bits per heavy atom. The van der Waals surface area contributed by atoms with Gasteiger partial charge in [-0.15, -0.1) is 0 Å². The Morgan fingerprint density at radius 1 is 0.929 bits per heavy atom. The molecule has 0 saturated carbocycles. The quantitative estimate of drug-likeness (QED) is 0.0611. The number of oxazole rings is 1. The number of ether oxygens (including phenoxy) is 2. The summed E-state index contributed by atoms with van der Waals surface area (Å²) in [6.45, 7) is 2.40. The third-order valence-electron chi connectivity index (χ3n) is 10.0. The predicted octanol–water partition coefficient (Wildman–Crippen LogP) is 5.46. The fourth-order valence-corrected chi connectivity index (χ4v) is 7.05. The van der Waals surface area contributed by atoms with Crippen molar-refractivity contribution in [2.45, 2.75) is 82.4 Å². The third kappa shape index (κ3) is 11.3. The van der Waals surface area contributed by atoms with Crippen molar-refractivity contribution in [3.8, 4) is 0 Å². The first-order valence-electron chi connectivity index (χ1n) is 19.2. The molecule has 3 aromatic carbocycles. The number of fused-ring (bicyclic) bond motifs is 1. The number of piperidine rings is 1. The number of carbonyl (C=O) groups is 4. The Morgan fingerprint density at radius 2 is 1.66 bits per heavy atom. The molecule has 4 aromatic rings. The van der Waals surface area contributed by atoms with Gasteiger partial charge < -0.3 is 40.5 Å². The summed E-state index contributed by atoms with van der Waals surface area (Å²) in [5.41, 5.74) is 9.60. The summed E-state index contributed by atoms with van der Waals surface area (Å²) in [5, 5.41) is 9.63. The van der Waals surface area contributed by atoms with Crippen molar-refractivity contribution < 1.29 is 33.1 Å². The molecule has 0 aliphatic carbocycles. The maximum absolute atomic E-state index is 14.6. The number of aromatic nitrogens is 1. The van der Waals surface area contributed by atoms with Gasteiger partial charge in [-0.2, -0.15) is 0 Å². The van der Waals surface area contributed by atoms with E-state index in [0.717, 1.165) is 37.1 Å². The van der Waals surface area contributed by atoms with Crippen molar-refractivity contribution in [2.24, 2.45) is 5.73 Å². The van der Waals surface area contributed by atoms with Crippen molar-refractivity contribution in [3.05, 3.63) is 113 Å². The van der Waals surface area contributed by atoms with E-state index >= 15 is 0 Å². The number of rotatable bonds is 17. The molecule has 2 fully saturated rings. The van der Waals surface area contributed by atoms with Crippen LogP contribution in [0.15, 0.2) is 94.9 Å². The molecule has 1 aromatic heterocycles. The lowest BCUT2D eigenvalue weighted by atomic mass is 10.0. The first-order chi connectivity index (χ1) is 27.3. The zero-order valence-electron chi connectivity index (χ0n) is 31.3. The number of alkyl carbamates (subject to hydrolysis) is 1. The minimum absolute atomic E-state index is 0.0232. The monoisotopic (exact) mass is 784 g/mol. The Kier molecular flexibility index (Phi) is 14.6. The topological polar surface area (TPSA) is 178 Å².